The molecule has 0 fully saturated rings. The Labute approximate surface area is 107 Å². The zero-order valence-electron chi connectivity index (χ0n) is 9.77. The smallest absolute Gasteiger partial charge is 0.242 e. The van der Waals surface area contributed by atoms with Gasteiger partial charge in [-0.2, -0.15) is 0 Å². The van der Waals surface area contributed by atoms with E-state index in [-0.39, 0.29) is 10.8 Å². The largest absolute Gasteiger partial charge is 0.263 e. The van der Waals surface area contributed by atoms with Gasteiger partial charge in [0.1, 0.15) is 4.90 Å². The lowest BCUT2D eigenvalue weighted by molar-refractivity contribution is 0.481. The minimum absolute atomic E-state index is 0.195. The van der Waals surface area contributed by atoms with E-state index >= 15 is 0 Å². The Hall–Kier alpha value is -0.650. The van der Waals surface area contributed by atoms with Crippen LogP contribution in [0.2, 0.25) is 0 Å². The first kappa shape index (κ1) is 14.4. The Bertz CT molecular complexity index is 422. The number of halogens is 1. The molecule has 1 aromatic rings. The number of nitrogens with zero attached hydrogens (tertiary/aromatic N) is 1. The monoisotopic (exact) mass is 276 g/mol. The summed E-state index contributed by atoms with van der Waals surface area (Å²) >= 11 is 5.65. The van der Waals surface area contributed by atoms with Crippen molar-refractivity contribution in [2.75, 3.05) is 12.4 Å². The van der Waals surface area contributed by atoms with Crippen molar-refractivity contribution in [1.82, 2.24) is 9.71 Å². The number of hydrogen-bond acceptors (Lipinski definition) is 3. The van der Waals surface area contributed by atoms with Crippen LogP contribution in [-0.4, -0.2) is 25.8 Å². The van der Waals surface area contributed by atoms with Gasteiger partial charge in [-0.1, -0.05) is 13.3 Å². The number of pyridine rings is 1. The molecular formula is C11H17ClN2O2S. The first-order valence-electron chi connectivity index (χ1n) is 5.55. The van der Waals surface area contributed by atoms with Crippen LogP contribution in [0.5, 0.6) is 0 Å². The van der Waals surface area contributed by atoms with E-state index in [4.69, 9.17) is 11.6 Å². The van der Waals surface area contributed by atoms with Gasteiger partial charge in [-0.05, 0) is 24.5 Å². The average molecular weight is 277 g/mol. The number of aromatic nitrogens is 1. The predicted molar refractivity (Wildman–Crippen MR) is 68.5 cm³/mol. The Morgan fingerprint density at radius 1 is 1.53 bits per heavy atom. The second kappa shape index (κ2) is 6.93. The van der Waals surface area contributed by atoms with Gasteiger partial charge in [-0.25, -0.2) is 13.1 Å². The van der Waals surface area contributed by atoms with Gasteiger partial charge in [-0.3, -0.25) is 4.98 Å². The fraction of sp³-hybridized carbons (Fsp3) is 0.545. The molecule has 0 saturated heterocycles. The van der Waals surface area contributed by atoms with Crippen molar-refractivity contribution in [3.05, 3.63) is 24.5 Å². The third-order valence-electron chi connectivity index (χ3n) is 2.60. The molecule has 0 radical (unpaired) electrons. The van der Waals surface area contributed by atoms with Gasteiger partial charge in [0.05, 0.1) is 0 Å². The van der Waals surface area contributed by atoms with Gasteiger partial charge in [0.15, 0.2) is 0 Å². The molecule has 0 aliphatic carbocycles. The molecule has 1 heterocycles. The van der Waals surface area contributed by atoms with Crippen LogP contribution >= 0.6 is 11.6 Å². The molecule has 0 amide bonds. The average Bonchev–Trinajstić information content (AvgIpc) is 2.35. The molecule has 4 nitrogen and oxygen atoms in total. The SMILES string of the molecule is CCC(CCCl)CNS(=O)(=O)c1cccnc1. The molecule has 17 heavy (non-hydrogen) atoms. The summed E-state index contributed by atoms with van der Waals surface area (Å²) in [7, 11) is -3.44. The summed E-state index contributed by atoms with van der Waals surface area (Å²) in [5, 5.41) is 0. The molecule has 1 rings (SSSR count). The normalized spacial score (nSPS) is 13.5. The van der Waals surface area contributed by atoms with E-state index in [0.29, 0.717) is 12.4 Å². The van der Waals surface area contributed by atoms with Crippen LogP contribution in [-0.2, 0) is 10.0 Å². The third kappa shape index (κ3) is 4.61. The predicted octanol–water partition coefficient (Wildman–Crippen LogP) is 2.01. The summed E-state index contributed by atoms with van der Waals surface area (Å²) in [5.74, 6) is 0.826. The molecule has 0 aliphatic heterocycles. The number of rotatable bonds is 7. The van der Waals surface area contributed by atoms with Gasteiger partial charge in [0.2, 0.25) is 10.0 Å². The first-order chi connectivity index (χ1) is 8.10. The quantitative estimate of drug-likeness (QED) is 0.775. The second-order valence-electron chi connectivity index (χ2n) is 3.79. The van der Waals surface area contributed by atoms with Crippen molar-refractivity contribution >= 4 is 21.6 Å². The summed E-state index contributed by atoms with van der Waals surface area (Å²) < 4.78 is 26.3. The third-order valence-corrected chi connectivity index (χ3v) is 4.23. The highest BCUT2D eigenvalue weighted by Gasteiger charge is 2.15. The molecule has 1 atom stereocenters. The molecule has 96 valence electrons. The highest BCUT2D eigenvalue weighted by Crippen LogP contribution is 2.10. The Morgan fingerprint density at radius 2 is 2.29 bits per heavy atom. The summed E-state index contributed by atoms with van der Waals surface area (Å²) in [6.07, 6.45) is 4.60. The van der Waals surface area contributed by atoms with E-state index in [9.17, 15) is 8.42 Å². The number of alkyl halides is 1. The van der Waals surface area contributed by atoms with Gasteiger partial charge >= 0.3 is 0 Å². The molecule has 1 unspecified atom stereocenters. The topological polar surface area (TPSA) is 59.1 Å². The van der Waals surface area contributed by atoms with Crippen molar-refractivity contribution in [3.8, 4) is 0 Å². The van der Waals surface area contributed by atoms with Gasteiger partial charge < -0.3 is 0 Å². The zero-order chi connectivity index (χ0) is 12.7. The standard InChI is InChI=1S/C11H17ClN2O2S/c1-2-10(5-6-12)8-14-17(15,16)11-4-3-7-13-9-11/h3-4,7,9-10,14H,2,5-6,8H2,1H3. The summed E-state index contributed by atoms with van der Waals surface area (Å²) in [5.41, 5.74) is 0. The summed E-state index contributed by atoms with van der Waals surface area (Å²) in [6.45, 7) is 2.44. The maximum Gasteiger partial charge on any atom is 0.242 e. The maximum atomic E-state index is 11.9. The fourth-order valence-electron chi connectivity index (χ4n) is 1.42. The van der Waals surface area contributed by atoms with E-state index in [0.717, 1.165) is 12.8 Å². The van der Waals surface area contributed by atoms with E-state index < -0.39 is 10.0 Å². The Morgan fingerprint density at radius 3 is 2.82 bits per heavy atom. The molecule has 0 bridgehead atoms. The summed E-state index contributed by atoms with van der Waals surface area (Å²) in [4.78, 5) is 3.99. The Balaban J connectivity index is 2.62. The lowest BCUT2D eigenvalue weighted by atomic mass is 10.0. The lowest BCUT2D eigenvalue weighted by Gasteiger charge is -2.14. The highest BCUT2D eigenvalue weighted by molar-refractivity contribution is 7.89. The molecule has 0 saturated carbocycles. The second-order valence-corrected chi connectivity index (χ2v) is 5.94. The first-order valence-corrected chi connectivity index (χ1v) is 7.57. The summed E-state index contributed by atoms with van der Waals surface area (Å²) in [6, 6.07) is 3.13. The lowest BCUT2D eigenvalue weighted by Crippen LogP contribution is -2.29. The minimum Gasteiger partial charge on any atom is -0.263 e. The van der Waals surface area contributed by atoms with Crippen LogP contribution in [0.3, 0.4) is 0 Å². The van der Waals surface area contributed by atoms with Crippen LogP contribution in [0.25, 0.3) is 0 Å². The zero-order valence-corrected chi connectivity index (χ0v) is 11.3. The van der Waals surface area contributed by atoms with Gasteiger partial charge in [-0.15, -0.1) is 11.6 Å². The number of hydrogen-bond donors (Lipinski definition) is 1. The van der Waals surface area contributed by atoms with Crippen LogP contribution in [0.15, 0.2) is 29.4 Å². The van der Waals surface area contributed by atoms with E-state index in [1.54, 1.807) is 12.3 Å². The van der Waals surface area contributed by atoms with Crippen LogP contribution < -0.4 is 4.72 Å². The van der Waals surface area contributed by atoms with Crippen molar-refractivity contribution in [3.63, 3.8) is 0 Å². The molecule has 1 N–H and O–H groups in total. The van der Waals surface area contributed by atoms with Crippen LogP contribution in [0.4, 0.5) is 0 Å². The molecule has 1 aromatic heterocycles. The maximum absolute atomic E-state index is 11.9. The fourth-order valence-corrected chi connectivity index (χ4v) is 2.81. The molecule has 0 spiro atoms. The molecule has 0 aliphatic rings. The number of nitrogens with one attached hydrogen (secondary N) is 1. The number of sulfonamides is 1. The molecule has 6 heteroatoms. The van der Waals surface area contributed by atoms with Crippen molar-refractivity contribution in [2.45, 2.75) is 24.7 Å². The van der Waals surface area contributed by atoms with Crippen LogP contribution in [0.1, 0.15) is 19.8 Å². The minimum atomic E-state index is -3.44. The molecular weight excluding hydrogens is 260 g/mol. The van der Waals surface area contributed by atoms with Gasteiger partial charge in [0, 0.05) is 24.8 Å². The van der Waals surface area contributed by atoms with Gasteiger partial charge in [0.25, 0.3) is 0 Å². The van der Waals surface area contributed by atoms with Crippen molar-refractivity contribution in [2.24, 2.45) is 5.92 Å². The molecule has 0 aromatic carbocycles. The van der Waals surface area contributed by atoms with E-state index in [1.165, 1.54) is 12.3 Å². The van der Waals surface area contributed by atoms with Crippen molar-refractivity contribution < 1.29 is 8.42 Å². The van der Waals surface area contributed by atoms with E-state index in [2.05, 4.69) is 9.71 Å². The van der Waals surface area contributed by atoms with Crippen molar-refractivity contribution in [1.29, 1.82) is 0 Å². The van der Waals surface area contributed by atoms with Crippen LogP contribution in [0, 0.1) is 5.92 Å². The highest BCUT2D eigenvalue weighted by atomic mass is 35.5. The van der Waals surface area contributed by atoms with E-state index in [1.807, 2.05) is 6.92 Å². The Kier molecular flexibility index (Phi) is 5.88.